The molecule has 1 unspecified atom stereocenters. The number of pyridine rings is 1. The van der Waals surface area contributed by atoms with Gasteiger partial charge < -0.3 is 0 Å². The Labute approximate surface area is 118 Å². The van der Waals surface area contributed by atoms with Crippen molar-refractivity contribution in [3.8, 4) is 5.69 Å². The fraction of sp³-hybridized carbons (Fsp3) is 0.143. The molecule has 1 atom stereocenters. The molecule has 0 saturated carbocycles. The van der Waals surface area contributed by atoms with Crippen molar-refractivity contribution in [1.29, 1.82) is 0 Å². The monoisotopic (exact) mass is 293 g/mol. The zero-order valence-electron chi connectivity index (χ0n) is 10.5. The van der Waals surface area contributed by atoms with Crippen molar-refractivity contribution in [3.05, 3.63) is 54.0 Å². The van der Waals surface area contributed by atoms with E-state index < -0.39 is 17.0 Å². The summed E-state index contributed by atoms with van der Waals surface area (Å²) in [4.78, 5) is 8.59. The maximum atomic E-state index is 13.4. The van der Waals surface area contributed by atoms with Gasteiger partial charge in [-0.3, -0.25) is 4.57 Å². The number of rotatable bonds is 2. The number of hydrogen-bond donors (Lipinski definition) is 0. The van der Waals surface area contributed by atoms with Crippen LogP contribution in [0.3, 0.4) is 0 Å². The second-order valence-electron chi connectivity index (χ2n) is 4.40. The summed E-state index contributed by atoms with van der Waals surface area (Å²) in [7, 11) is 0. The fourth-order valence-electron chi connectivity index (χ4n) is 2.12. The molecule has 2 heterocycles. The maximum Gasteiger partial charge on any atom is 0.164 e. The molecule has 20 heavy (non-hydrogen) atoms. The van der Waals surface area contributed by atoms with Gasteiger partial charge in [0.1, 0.15) is 23.0 Å². The quantitative estimate of drug-likeness (QED) is 0.669. The summed E-state index contributed by atoms with van der Waals surface area (Å²) in [5.41, 5.74) is 1.45. The Morgan fingerprint density at radius 3 is 2.55 bits per heavy atom. The average Bonchev–Trinajstić information content (AvgIpc) is 2.77. The lowest BCUT2D eigenvalue weighted by Gasteiger charge is -2.10. The van der Waals surface area contributed by atoms with E-state index in [0.29, 0.717) is 22.7 Å². The highest BCUT2D eigenvalue weighted by atomic mass is 35.5. The van der Waals surface area contributed by atoms with E-state index in [1.807, 2.05) is 0 Å². The van der Waals surface area contributed by atoms with Crippen LogP contribution in [0.15, 0.2) is 36.5 Å². The van der Waals surface area contributed by atoms with Crippen LogP contribution in [0.25, 0.3) is 16.9 Å². The van der Waals surface area contributed by atoms with E-state index in [0.717, 1.165) is 6.07 Å². The SMILES string of the molecule is CC(Cl)c1nc2cccnc2n1-c1cc(F)cc(F)c1. The van der Waals surface area contributed by atoms with Gasteiger partial charge in [0, 0.05) is 12.3 Å². The summed E-state index contributed by atoms with van der Waals surface area (Å²) in [6, 6.07) is 6.79. The molecule has 3 rings (SSSR count). The van der Waals surface area contributed by atoms with Crippen molar-refractivity contribution in [2.45, 2.75) is 12.3 Å². The molecule has 2 aromatic heterocycles. The minimum atomic E-state index is -0.661. The summed E-state index contributed by atoms with van der Waals surface area (Å²) in [5.74, 6) is -0.831. The Balaban J connectivity index is 2.36. The maximum absolute atomic E-state index is 13.4. The Morgan fingerprint density at radius 2 is 1.90 bits per heavy atom. The first kappa shape index (κ1) is 13.0. The minimum absolute atomic E-state index is 0.311. The van der Waals surface area contributed by atoms with E-state index in [-0.39, 0.29) is 0 Å². The molecule has 0 aliphatic carbocycles. The molecule has 0 saturated heterocycles. The topological polar surface area (TPSA) is 30.7 Å². The van der Waals surface area contributed by atoms with Gasteiger partial charge >= 0.3 is 0 Å². The Hall–Kier alpha value is -2.01. The number of imidazole rings is 1. The molecule has 0 N–H and O–H groups in total. The third kappa shape index (κ3) is 2.14. The highest BCUT2D eigenvalue weighted by Gasteiger charge is 2.18. The van der Waals surface area contributed by atoms with E-state index in [4.69, 9.17) is 11.6 Å². The van der Waals surface area contributed by atoms with Crippen molar-refractivity contribution in [1.82, 2.24) is 14.5 Å². The Bertz CT molecular complexity index is 763. The summed E-state index contributed by atoms with van der Waals surface area (Å²) in [6.07, 6.45) is 1.60. The normalized spacial score (nSPS) is 12.8. The predicted octanol–water partition coefficient (Wildman–Crippen LogP) is 4.00. The number of halogens is 3. The number of fused-ring (bicyclic) bond motifs is 1. The van der Waals surface area contributed by atoms with Crippen LogP contribution < -0.4 is 0 Å². The summed E-state index contributed by atoms with van der Waals surface area (Å²) < 4.78 is 28.4. The highest BCUT2D eigenvalue weighted by Crippen LogP contribution is 2.27. The van der Waals surface area contributed by atoms with Crippen LogP contribution in [0.5, 0.6) is 0 Å². The van der Waals surface area contributed by atoms with Gasteiger partial charge in [-0.2, -0.15) is 0 Å². The summed E-state index contributed by atoms with van der Waals surface area (Å²) in [5, 5.41) is -0.421. The molecule has 3 aromatic rings. The molecule has 0 spiro atoms. The largest absolute Gasteiger partial charge is 0.279 e. The molecule has 0 aliphatic rings. The van der Waals surface area contributed by atoms with Gasteiger partial charge in [0.15, 0.2) is 5.65 Å². The zero-order chi connectivity index (χ0) is 14.3. The van der Waals surface area contributed by atoms with Crippen LogP contribution in [0, 0.1) is 11.6 Å². The number of alkyl halides is 1. The number of benzene rings is 1. The van der Waals surface area contributed by atoms with Crippen LogP contribution in [0.4, 0.5) is 8.78 Å². The number of nitrogens with zero attached hydrogens (tertiary/aromatic N) is 3. The standard InChI is InChI=1S/C14H10ClF2N3/c1-8(15)13-19-12-3-2-4-18-14(12)20(13)11-6-9(16)5-10(17)7-11/h2-8H,1H3. The van der Waals surface area contributed by atoms with E-state index in [1.54, 1.807) is 29.8 Å². The summed E-state index contributed by atoms with van der Waals surface area (Å²) >= 11 is 6.11. The average molecular weight is 294 g/mol. The Morgan fingerprint density at radius 1 is 1.20 bits per heavy atom. The molecule has 0 amide bonds. The number of hydrogen-bond acceptors (Lipinski definition) is 2. The van der Waals surface area contributed by atoms with Crippen molar-refractivity contribution >= 4 is 22.8 Å². The second kappa shape index (κ2) is 4.83. The van der Waals surface area contributed by atoms with Crippen LogP contribution >= 0.6 is 11.6 Å². The molecule has 0 fully saturated rings. The predicted molar refractivity (Wildman–Crippen MR) is 73.0 cm³/mol. The third-order valence-corrected chi connectivity index (χ3v) is 3.10. The van der Waals surface area contributed by atoms with E-state index >= 15 is 0 Å². The van der Waals surface area contributed by atoms with Crippen molar-refractivity contribution in [3.63, 3.8) is 0 Å². The van der Waals surface area contributed by atoms with Gasteiger partial charge in [0.25, 0.3) is 0 Å². The van der Waals surface area contributed by atoms with Gasteiger partial charge in [0.05, 0.1) is 11.1 Å². The van der Waals surface area contributed by atoms with E-state index in [1.165, 1.54) is 12.1 Å². The van der Waals surface area contributed by atoms with E-state index in [9.17, 15) is 8.78 Å². The Kier molecular flexibility index (Phi) is 3.14. The first-order valence-corrected chi connectivity index (χ1v) is 6.44. The molecule has 0 aliphatic heterocycles. The molecule has 0 radical (unpaired) electrons. The molecule has 1 aromatic carbocycles. The molecular formula is C14H10ClF2N3. The van der Waals surface area contributed by atoms with Crippen LogP contribution in [-0.2, 0) is 0 Å². The smallest absolute Gasteiger partial charge is 0.164 e. The molecule has 6 heteroatoms. The van der Waals surface area contributed by atoms with Crippen LogP contribution in [0.1, 0.15) is 18.1 Å². The zero-order valence-corrected chi connectivity index (χ0v) is 11.3. The minimum Gasteiger partial charge on any atom is -0.279 e. The van der Waals surface area contributed by atoms with Gasteiger partial charge in [-0.15, -0.1) is 11.6 Å². The van der Waals surface area contributed by atoms with Gasteiger partial charge in [-0.25, -0.2) is 18.7 Å². The van der Waals surface area contributed by atoms with Crippen molar-refractivity contribution in [2.24, 2.45) is 0 Å². The molecular weight excluding hydrogens is 284 g/mol. The van der Waals surface area contributed by atoms with Gasteiger partial charge in [-0.1, -0.05) is 0 Å². The molecule has 0 bridgehead atoms. The van der Waals surface area contributed by atoms with Crippen molar-refractivity contribution < 1.29 is 8.78 Å². The van der Waals surface area contributed by atoms with Crippen LogP contribution in [-0.4, -0.2) is 14.5 Å². The van der Waals surface area contributed by atoms with Crippen LogP contribution in [0.2, 0.25) is 0 Å². The summed E-state index contributed by atoms with van der Waals surface area (Å²) in [6.45, 7) is 1.74. The lowest BCUT2D eigenvalue weighted by atomic mass is 10.3. The first-order valence-electron chi connectivity index (χ1n) is 6.00. The number of aromatic nitrogens is 3. The highest BCUT2D eigenvalue weighted by molar-refractivity contribution is 6.20. The lowest BCUT2D eigenvalue weighted by Crippen LogP contribution is -2.03. The van der Waals surface area contributed by atoms with Crippen molar-refractivity contribution in [2.75, 3.05) is 0 Å². The first-order chi connectivity index (χ1) is 9.56. The lowest BCUT2D eigenvalue weighted by molar-refractivity contribution is 0.581. The third-order valence-electron chi connectivity index (χ3n) is 2.90. The fourth-order valence-corrected chi connectivity index (χ4v) is 2.27. The van der Waals surface area contributed by atoms with Gasteiger partial charge in [0.2, 0.25) is 0 Å². The van der Waals surface area contributed by atoms with Gasteiger partial charge in [-0.05, 0) is 31.2 Å². The van der Waals surface area contributed by atoms with E-state index in [2.05, 4.69) is 9.97 Å². The second-order valence-corrected chi connectivity index (χ2v) is 5.05. The molecule has 102 valence electrons. The molecule has 3 nitrogen and oxygen atoms in total.